The fraction of sp³-hybridized carbons (Fsp3) is 0.500. The van der Waals surface area contributed by atoms with E-state index in [9.17, 15) is 19.3 Å². The van der Waals surface area contributed by atoms with E-state index in [1.807, 2.05) is 0 Å². The van der Waals surface area contributed by atoms with E-state index >= 15 is 4.39 Å². The van der Waals surface area contributed by atoms with Crippen LogP contribution in [0.15, 0.2) is 48.8 Å². The number of carbonyl (C=O) groups is 3. The molecular weight excluding hydrogens is 654 g/mol. The smallest absolute Gasteiger partial charge is 0.468 e. The van der Waals surface area contributed by atoms with Crippen molar-refractivity contribution in [3.63, 3.8) is 0 Å². The maximum absolute atomic E-state index is 15.5. The Labute approximate surface area is 276 Å². The van der Waals surface area contributed by atoms with Crippen molar-refractivity contribution in [1.82, 2.24) is 19.7 Å². The summed E-state index contributed by atoms with van der Waals surface area (Å²) in [6.07, 6.45) is -3.11. The van der Waals surface area contributed by atoms with E-state index in [0.717, 1.165) is 0 Å². The normalized spacial score (nSPS) is 21.9. The average molecular weight is 694 g/mol. The van der Waals surface area contributed by atoms with Gasteiger partial charge in [0.15, 0.2) is 23.6 Å². The molecule has 0 aliphatic carbocycles. The molecule has 0 radical (unpaired) electrons. The number of esters is 3. The lowest BCUT2D eigenvalue weighted by molar-refractivity contribution is -0.702. The third-order valence-corrected chi connectivity index (χ3v) is 8.71. The number of fused-ring (bicyclic) bond motifs is 1. The number of hydrogen-bond acceptors (Lipinski definition) is 14. The van der Waals surface area contributed by atoms with Gasteiger partial charge in [-0.1, -0.05) is 45.9 Å². The maximum atomic E-state index is 15.5. The molecule has 1 unspecified atom stereocenters. The van der Waals surface area contributed by atoms with Gasteiger partial charge in [-0.3, -0.25) is 14.4 Å². The number of hydrogen-bond donors (Lipinski definition) is 2. The van der Waals surface area contributed by atoms with Crippen LogP contribution in [0.25, 0.3) is 5.52 Å². The summed E-state index contributed by atoms with van der Waals surface area (Å²) in [6.45, 7) is 5.58. The molecule has 3 N–H and O–H groups in total. The van der Waals surface area contributed by atoms with Gasteiger partial charge < -0.3 is 29.2 Å². The second-order valence-electron chi connectivity index (χ2n) is 11.6. The van der Waals surface area contributed by atoms with E-state index in [1.54, 1.807) is 70.2 Å². The molecule has 0 saturated carbocycles. The molecule has 0 amide bonds. The van der Waals surface area contributed by atoms with Crippen molar-refractivity contribution in [3.8, 4) is 5.75 Å². The van der Waals surface area contributed by atoms with Crippen LogP contribution >= 0.6 is 8.45 Å². The number of alkyl halides is 1. The fourth-order valence-corrected chi connectivity index (χ4v) is 5.79. The number of rotatable bonds is 15. The van der Waals surface area contributed by atoms with Crippen LogP contribution in [0.1, 0.15) is 46.4 Å². The summed E-state index contributed by atoms with van der Waals surface area (Å²) in [7, 11) is -1.29. The van der Waals surface area contributed by atoms with E-state index in [-0.39, 0.29) is 22.0 Å². The monoisotopic (exact) mass is 693 g/mol. The predicted octanol–water partition coefficient (Wildman–Crippen LogP) is 3.39. The third-order valence-electron chi connectivity index (χ3n) is 7.31. The second-order valence-corrected chi connectivity index (χ2v) is 12.9. The molecule has 1 fully saturated rings. The Hall–Kier alpha value is -4.47. The Bertz CT molecular complexity index is 1610. The Balaban J connectivity index is 1.73. The highest BCUT2D eigenvalue weighted by molar-refractivity contribution is 7.43. The highest BCUT2D eigenvalue weighted by atomic mass is 31.2. The Morgan fingerprint density at radius 2 is 1.73 bits per heavy atom. The topological polar surface area (TPSA) is 195 Å². The molecule has 1 saturated heterocycles. The van der Waals surface area contributed by atoms with Gasteiger partial charge in [-0.25, -0.2) is 18.7 Å². The SMILES string of the molecule is COC(=O)[C@H](C)NP(Oc1ccccc1)[N+](=O)OC[C@@]1(CF)O[C@@H](c2ccc3c(N)ncnn23)[C@H](OC(=O)C(C)C)[C@@H]1OC(=O)C(C)C. The molecule has 2 aromatic heterocycles. The van der Waals surface area contributed by atoms with E-state index < -0.39 is 81.4 Å². The first-order valence-electron chi connectivity index (χ1n) is 15.0. The van der Waals surface area contributed by atoms with Gasteiger partial charge in [-0.15, -0.1) is 0 Å². The first-order chi connectivity index (χ1) is 22.8. The number of ether oxygens (including phenoxy) is 4. The van der Waals surface area contributed by atoms with Crippen molar-refractivity contribution in [3.05, 3.63) is 59.4 Å². The number of carbonyl (C=O) groups excluding carboxylic acids is 3. The van der Waals surface area contributed by atoms with E-state index in [2.05, 4.69) is 15.2 Å². The average Bonchev–Trinajstić information content (AvgIpc) is 3.63. The Morgan fingerprint density at radius 1 is 1.06 bits per heavy atom. The van der Waals surface area contributed by atoms with E-state index in [0.29, 0.717) is 5.52 Å². The van der Waals surface area contributed by atoms with Gasteiger partial charge in [0.05, 0.1) is 29.5 Å². The lowest BCUT2D eigenvalue weighted by atomic mass is 9.95. The number of aromatic nitrogens is 3. The quantitative estimate of drug-likeness (QED) is 0.102. The van der Waals surface area contributed by atoms with Crippen LogP contribution in [0, 0.1) is 16.7 Å². The number of nitrogens with one attached hydrogen (secondary N) is 1. The number of nitrogens with zero attached hydrogens (tertiary/aromatic N) is 4. The van der Waals surface area contributed by atoms with Crippen LogP contribution in [-0.2, 0) is 38.2 Å². The van der Waals surface area contributed by atoms with Gasteiger partial charge in [-0.05, 0) is 31.2 Å². The summed E-state index contributed by atoms with van der Waals surface area (Å²) < 4.78 is 45.3. The van der Waals surface area contributed by atoms with Crippen LogP contribution < -0.4 is 15.3 Å². The molecule has 0 spiro atoms. The number of nitrogens with two attached hydrogens (primary N) is 1. The maximum Gasteiger partial charge on any atom is 0.596 e. The predicted molar refractivity (Wildman–Crippen MR) is 168 cm³/mol. The Morgan fingerprint density at radius 3 is 2.35 bits per heavy atom. The fourth-order valence-electron chi connectivity index (χ4n) is 4.65. The molecule has 4 rings (SSSR count). The molecule has 18 heteroatoms. The molecule has 1 aliphatic heterocycles. The van der Waals surface area contributed by atoms with E-state index in [4.69, 9.17) is 34.0 Å². The molecule has 1 aliphatic rings. The number of anilines is 1. The minimum Gasteiger partial charge on any atom is -0.468 e. The van der Waals surface area contributed by atoms with Crippen molar-refractivity contribution < 1.29 is 51.8 Å². The van der Waals surface area contributed by atoms with Gasteiger partial charge in [0.25, 0.3) is 4.69 Å². The van der Waals surface area contributed by atoms with Crippen LogP contribution in [0.2, 0.25) is 0 Å². The zero-order chi connectivity index (χ0) is 35.2. The molecule has 1 aromatic carbocycles. The van der Waals surface area contributed by atoms with Crippen LogP contribution in [-0.4, -0.2) is 81.4 Å². The van der Waals surface area contributed by atoms with Crippen molar-refractivity contribution in [2.24, 2.45) is 11.8 Å². The number of benzene rings is 1. The summed E-state index contributed by atoms with van der Waals surface area (Å²) in [5.41, 5.74) is 4.48. The molecule has 3 aromatic rings. The molecular formula is C30H39FN6O10P+. The van der Waals surface area contributed by atoms with Gasteiger partial charge in [0, 0.05) is 0 Å². The summed E-state index contributed by atoms with van der Waals surface area (Å²) in [4.78, 5) is 61.2. The molecule has 0 bridgehead atoms. The highest BCUT2D eigenvalue weighted by Gasteiger charge is 2.63. The first-order valence-corrected chi connectivity index (χ1v) is 16.2. The van der Waals surface area contributed by atoms with Crippen molar-refractivity contribution in [1.29, 1.82) is 0 Å². The standard InChI is InChI=1S/C30H39FN6O10P/c1-17(2)27(38)44-24-23(21-12-13-22-26(32)33-16-34-36(21)22)46-30(14-31,25(24)45-28(39)18(3)4)15-43-37(41)48(35-19(5)29(40)42-6)47-20-10-8-7-9-11-20/h7-13,16-19,23-25,35H,14-15H2,1-6H3,(H2,32,33,34)/q+1/t19-,23-,24-,25-,30+,48?/m0/s1. The number of nitrogen functional groups attached to an aromatic ring is 1. The summed E-state index contributed by atoms with van der Waals surface area (Å²) in [6, 6.07) is 10.4. The highest BCUT2D eigenvalue weighted by Crippen LogP contribution is 2.46. The minimum absolute atomic E-state index is 0.0346. The van der Waals surface area contributed by atoms with Crippen molar-refractivity contribution >= 4 is 37.7 Å². The van der Waals surface area contributed by atoms with Crippen LogP contribution in [0.3, 0.4) is 0 Å². The Kier molecular flexibility index (Phi) is 11.8. The third kappa shape index (κ3) is 7.97. The molecule has 260 valence electrons. The molecule has 48 heavy (non-hydrogen) atoms. The van der Waals surface area contributed by atoms with Gasteiger partial charge in [0.2, 0.25) is 6.61 Å². The van der Waals surface area contributed by atoms with Gasteiger partial charge >= 0.3 is 26.4 Å². The summed E-state index contributed by atoms with van der Waals surface area (Å²) >= 11 is 0. The second kappa shape index (κ2) is 15.6. The van der Waals surface area contributed by atoms with Crippen LogP contribution in [0.4, 0.5) is 10.2 Å². The number of methoxy groups -OCH3 is 1. The van der Waals surface area contributed by atoms with E-state index in [1.165, 1.54) is 24.9 Å². The van der Waals surface area contributed by atoms with Crippen LogP contribution in [0.5, 0.6) is 5.75 Å². The number of halogens is 1. The van der Waals surface area contributed by atoms with Crippen molar-refractivity contribution in [2.75, 3.05) is 26.1 Å². The largest absolute Gasteiger partial charge is 0.596 e. The first kappa shape index (κ1) is 36.4. The molecule has 16 nitrogen and oxygen atoms in total. The molecule has 6 atom stereocenters. The summed E-state index contributed by atoms with van der Waals surface area (Å²) in [5.74, 6) is -3.01. The minimum atomic E-state index is -2.47. The van der Waals surface area contributed by atoms with Gasteiger partial charge in [-0.2, -0.15) is 10.2 Å². The number of para-hydroxylation sites is 1. The zero-order valence-corrected chi connectivity index (χ0v) is 28.2. The lowest BCUT2D eigenvalue weighted by Gasteiger charge is -2.30. The zero-order valence-electron chi connectivity index (χ0n) is 27.3. The van der Waals surface area contributed by atoms with Gasteiger partial charge in [0.1, 0.15) is 36.4 Å². The molecule has 3 heterocycles. The summed E-state index contributed by atoms with van der Waals surface area (Å²) in [5, 5.41) is 6.95. The van der Waals surface area contributed by atoms with Crippen molar-refractivity contribution in [2.45, 2.75) is 64.6 Å². The lowest BCUT2D eigenvalue weighted by Crippen LogP contribution is -2.53.